The Morgan fingerprint density at radius 2 is 1.79 bits per heavy atom. The molecule has 0 atom stereocenters. The summed E-state index contributed by atoms with van der Waals surface area (Å²) in [6.45, 7) is 2.80. The van der Waals surface area contributed by atoms with Gasteiger partial charge in [-0.3, -0.25) is 4.79 Å². The predicted molar refractivity (Wildman–Crippen MR) is 70.0 cm³/mol. The first-order valence-corrected chi connectivity index (χ1v) is 6.59. The lowest BCUT2D eigenvalue weighted by Crippen LogP contribution is -2.22. The van der Waals surface area contributed by atoms with E-state index in [1.807, 2.05) is 0 Å². The summed E-state index contributed by atoms with van der Waals surface area (Å²) in [6.07, 6.45) is 3.03. The first-order chi connectivity index (χ1) is 9.13. The van der Waals surface area contributed by atoms with Gasteiger partial charge in [0, 0.05) is 18.0 Å². The second-order valence-electron chi connectivity index (χ2n) is 4.38. The first kappa shape index (κ1) is 15.2. The summed E-state index contributed by atoms with van der Waals surface area (Å²) in [5, 5.41) is 10.3. The second-order valence-corrected chi connectivity index (χ2v) is 4.38. The van der Waals surface area contributed by atoms with Crippen LogP contribution in [0, 0.1) is 0 Å². The molecule has 0 heterocycles. The summed E-state index contributed by atoms with van der Waals surface area (Å²) in [4.78, 5) is 21.9. The lowest BCUT2D eigenvalue weighted by molar-refractivity contribution is -0.305. The molecule has 104 valence electrons. The summed E-state index contributed by atoms with van der Waals surface area (Å²) in [7, 11) is 0. The zero-order valence-corrected chi connectivity index (χ0v) is 11.2. The zero-order chi connectivity index (χ0) is 14.1. The van der Waals surface area contributed by atoms with Crippen molar-refractivity contribution in [2.75, 3.05) is 6.61 Å². The van der Waals surface area contributed by atoms with Crippen molar-refractivity contribution < 1.29 is 19.4 Å². The summed E-state index contributed by atoms with van der Waals surface area (Å²) < 4.78 is 5.53. The smallest absolute Gasteiger partial charge is 0.163 e. The Balaban J connectivity index is 2.42. The number of hydrogen-bond acceptors (Lipinski definition) is 4. The average molecular weight is 263 g/mol. The number of carbonyl (C=O) groups excluding carboxylic acids is 2. The standard InChI is InChI=1S/C15H20O4/c1-2-3-4-11-19-13-7-5-12(6-8-13)14(16)9-10-15(17)18/h5-8H,2-4,9-11H2,1H3,(H,17,18)/p-1. The van der Waals surface area contributed by atoms with Crippen LogP contribution in [0.15, 0.2) is 24.3 Å². The van der Waals surface area contributed by atoms with E-state index in [4.69, 9.17) is 4.74 Å². The maximum Gasteiger partial charge on any atom is 0.163 e. The van der Waals surface area contributed by atoms with Crippen LogP contribution in [0.2, 0.25) is 0 Å². The third-order valence-electron chi connectivity index (χ3n) is 2.75. The Kier molecular flexibility index (Phi) is 6.64. The number of ether oxygens (including phenoxy) is 1. The van der Waals surface area contributed by atoms with Crippen LogP contribution in [0.5, 0.6) is 5.75 Å². The Hall–Kier alpha value is -1.84. The fourth-order valence-corrected chi connectivity index (χ4v) is 1.64. The number of unbranched alkanes of at least 4 members (excludes halogenated alkanes) is 2. The Morgan fingerprint density at radius 1 is 1.11 bits per heavy atom. The molecule has 0 aliphatic heterocycles. The van der Waals surface area contributed by atoms with Crippen LogP contribution < -0.4 is 9.84 Å². The van der Waals surface area contributed by atoms with Crippen LogP contribution in [-0.2, 0) is 4.79 Å². The van der Waals surface area contributed by atoms with Gasteiger partial charge in [0.15, 0.2) is 5.78 Å². The van der Waals surface area contributed by atoms with E-state index in [1.54, 1.807) is 24.3 Å². The maximum atomic E-state index is 11.6. The second kappa shape index (κ2) is 8.29. The van der Waals surface area contributed by atoms with Crippen LogP contribution >= 0.6 is 0 Å². The van der Waals surface area contributed by atoms with Gasteiger partial charge in [-0.1, -0.05) is 19.8 Å². The van der Waals surface area contributed by atoms with Crippen LogP contribution in [0.3, 0.4) is 0 Å². The lowest BCUT2D eigenvalue weighted by Gasteiger charge is -2.07. The molecule has 0 aliphatic carbocycles. The van der Waals surface area contributed by atoms with Gasteiger partial charge in [0.2, 0.25) is 0 Å². The van der Waals surface area contributed by atoms with E-state index in [0.717, 1.165) is 25.0 Å². The highest BCUT2D eigenvalue weighted by Crippen LogP contribution is 2.14. The highest BCUT2D eigenvalue weighted by atomic mass is 16.5. The molecule has 0 unspecified atom stereocenters. The van der Waals surface area contributed by atoms with E-state index in [9.17, 15) is 14.7 Å². The molecule has 19 heavy (non-hydrogen) atoms. The monoisotopic (exact) mass is 263 g/mol. The van der Waals surface area contributed by atoms with E-state index in [1.165, 1.54) is 0 Å². The van der Waals surface area contributed by atoms with Gasteiger partial charge >= 0.3 is 0 Å². The van der Waals surface area contributed by atoms with Crippen LogP contribution in [0.4, 0.5) is 0 Å². The number of hydrogen-bond donors (Lipinski definition) is 0. The van der Waals surface area contributed by atoms with Crippen molar-refractivity contribution in [2.24, 2.45) is 0 Å². The van der Waals surface area contributed by atoms with E-state index in [-0.39, 0.29) is 18.6 Å². The molecule has 1 rings (SSSR count). The van der Waals surface area contributed by atoms with Crippen LogP contribution in [0.1, 0.15) is 49.4 Å². The van der Waals surface area contributed by atoms with Crippen molar-refractivity contribution in [1.82, 2.24) is 0 Å². The SMILES string of the molecule is CCCCCOc1ccc(C(=O)CCC(=O)[O-])cc1. The van der Waals surface area contributed by atoms with E-state index in [2.05, 4.69) is 6.92 Å². The predicted octanol–water partition coefficient (Wildman–Crippen LogP) is 1.97. The minimum absolute atomic E-state index is 0.0287. The van der Waals surface area contributed by atoms with E-state index >= 15 is 0 Å². The van der Waals surface area contributed by atoms with Crippen molar-refractivity contribution in [3.63, 3.8) is 0 Å². The maximum absolute atomic E-state index is 11.6. The number of aliphatic carboxylic acids is 1. The summed E-state index contributed by atoms with van der Waals surface area (Å²) in [5.41, 5.74) is 0.502. The number of benzene rings is 1. The molecular formula is C15H19O4-. The molecule has 0 amide bonds. The van der Waals surface area contributed by atoms with Crippen molar-refractivity contribution in [2.45, 2.75) is 39.0 Å². The zero-order valence-electron chi connectivity index (χ0n) is 11.2. The molecule has 1 aromatic carbocycles. The summed E-state index contributed by atoms with van der Waals surface area (Å²) in [6, 6.07) is 6.79. The minimum Gasteiger partial charge on any atom is -0.550 e. The van der Waals surface area contributed by atoms with Crippen LogP contribution in [-0.4, -0.2) is 18.4 Å². The molecule has 0 fully saturated rings. The molecule has 4 nitrogen and oxygen atoms in total. The molecule has 0 spiro atoms. The van der Waals surface area contributed by atoms with Crippen molar-refractivity contribution >= 4 is 11.8 Å². The minimum atomic E-state index is -1.20. The molecule has 0 aliphatic rings. The molecular weight excluding hydrogens is 244 g/mol. The highest BCUT2D eigenvalue weighted by Gasteiger charge is 2.05. The molecule has 0 saturated carbocycles. The van der Waals surface area contributed by atoms with Gasteiger partial charge in [-0.25, -0.2) is 0 Å². The quantitative estimate of drug-likeness (QED) is 0.504. The normalized spacial score (nSPS) is 10.2. The molecule has 1 aromatic rings. The number of ketones is 1. The molecule has 0 bridgehead atoms. The first-order valence-electron chi connectivity index (χ1n) is 6.59. The van der Waals surface area contributed by atoms with Gasteiger partial charge < -0.3 is 14.6 Å². The summed E-state index contributed by atoms with van der Waals surface area (Å²) >= 11 is 0. The Bertz CT molecular complexity index is 409. The molecule has 0 N–H and O–H groups in total. The fourth-order valence-electron chi connectivity index (χ4n) is 1.64. The largest absolute Gasteiger partial charge is 0.550 e. The topological polar surface area (TPSA) is 66.4 Å². The van der Waals surface area contributed by atoms with Gasteiger partial charge in [-0.05, 0) is 37.1 Å². The van der Waals surface area contributed by atoms with Crippen molar-refractivity contribution in [1.29, 1.82) is 0 Å². The number of carboxylic acids is 1. The molecule has 0 radical (unpaired) electrons. The van der Waals surface area contributed by atoms with Gasteiger partial charge in [-0.15, -0.1) is 0 Å². The summed E-state index contributed by atoms with van der Waals surface area (Å²) in [5.74, 6) is -0.668. The third-order valence-corrected chi connectivity index (χ3v) is 2.75. The van der Waals surface area contributed by atoms with E-state index < -0.39 is 5.97 Å². The van der Waals surface area contributed by atoms with Gasteiger partial charge in [0.25, 0.3) is 0 Å². The van der Waals surface area contributed by atoms with Crippen molar-refractivity contribution in [3.8, 4) is 5.75 Å². The van der Waals surface area contributed by atoms with E-state index in [0.29, 0.717) is 12.2 Å². The average Bonchev–Trinajstić information content (AvgIpc) is 2.41. The number of carbonyl (C=O) groups is 2. The number of carboxylic acid groups (broad SMARTS) is 1. The number of rotatable bonds is 9. The van der Waals surface area contributed by atoms with Gasteiger partial charge in [0.1, 0.15) is 5.75 Å². The van der Waals surface area contributed by atoms with Gasteiger partial charge in [0.05, 0.1) is 6.61 Å². The van der Waals surface area contributed by atoms with Crippen molar-refractivity contribution in [3.05, 3.63) is 29.8 Å². The molecule has 0 saturated heterocycles. The Labute approximate surface area is 113 Å². The molecule has 0 aromatic heterocycles. The van der Waals surface area contributed by atoms with Gasteiger partial charge in [-0.2, -0.15) is 0 Å². The third kappa shape index (κ3) is 6.04. The lowest BCUT2D eigenvalue weighted by atomic mass is 10.1. The van der Waals surface area contributed by atoms with Crippen LogP contribution in [0.25, 0.3) is 0 Å². The Morgan fingerprint density at radius 3 is 2.37 bits per heavy atom. The highest BCUT2D eigenvalue weighted by molar-refractivity contribution is 5.97. The molecule has 4 heteroatoms. The fraction of sp³-hybridized carbons (Fsp3) is 0.467. The number of Topliss-reactive ketones (excluding diaryl/α,β-unsaturated/α-hetero) is 1.